The number of carbonyl (C=O) groups is 1. The first-order chi connectivity index (χ1) is 10.8. The Bertz CT molecular complexity index is 709. The molecule has 1 saturated carbocycles. The summed E-state index contributed by atoms with van der Waals surface area (Å²) in [6, 6.07) is 5.54. The molecule has 4 rings (SSSR count). The third-order valence-corrected chi connectivity index (χ3v) is 3.92. The lowest BCUT2D eigenvalue weighted by molar-refractivity contribution is -0.122. The number of rotatable bonds is 3. The van der Waals surface area contributed by atoms with Crippen LogP contribution in [-0.2, 0) is 4.79 Å². The largest absolute Gasteiger partial charge is 0.486 e. The third-order valence-electron chi connectivity index (χ3n) is 3.92. The quantitative estimate of drug-likeness (QED) is 0.935. The number of carbonyl (C=O) groups excluding carboxylic acids is 1. The lowest BCUT2D eigenvalue weighted by Crippen LogP contribution is -2.28. The first-order valence-electron chi connectivity index (χ1n) is 7.34. The van der Waals surface area contributed by atoms with Crippen molar-refractivity contribution in [1.29, 1.82) is 0 Å². The average Bonchev–Trinajstić information content (AvgIpc) is 2.93. The van der Waals surface area contributed by atoms with Gasteiger partial charge in [-0.1, -0.05) is 11.5 Å². The van der Waals surface area contributed by atoms with Gasteiger partial charge in [0.2, 0.25) is 11.8 Å². The summed E-state index contributed by atoms with van der Waals surface area (Å²) in [5.41, 5.74) is 0.723. The first-order valence-corrected chi connectivity index (χ1v) is 7.34. The van der Waals surface area contributed by atoms with Crippen LogP contribution in [0, 0.1) is 5.92 Å². The Balaban J connectivity index is 1.52. The van der Waals surface area contributed by atoms with Crippen molar-refractivity contribution in [1.82, 2.24) is 10.2 Å². The Morgan fingerprint density at radius 3 is 2.73 bits per heavy atom. The first kappa shape index (κ1) is 13.1. The van der Waals surface area contributed by atoms with Gasteiger partial charge in [-0.15, -0.1) is 5.10 Å². The normalized spacial score (nSPS) is 16.9. The smallest absolute Gasteiger partial charge is 0.322 e. The Morgan fingerprint density at radius 1 is 1.14 bits per heavy atom. The zero-order valence-electron chi connectivity index (χ0n) is 11.9. The minimum absolute atomic E-state index is 0.0522. The molecule has 7 nitrogen and oxygen atoms in total. The fourth-order valence-corrected chi connectivity index (χ4v) is 2.44. The van der Waals surface area contributed by atoms with E-state index in [2.05, 4.69) is 15.5 Å². The van der Waals surface area contributed by atoms with E-state index in [9.17, 15) is 4.79 Å². The van der Waals surface area contributed by atoms with Gasteiger partial charge in [0.15, 0.2) is 11.5 Å². The van der Waals surface area contributed by atoms with E-state index in [1.807, 2.05) is 6.07 Å². The predicted molar refractivity (Wildman–Crippen MR) is 76.7 cm³/mol. The van der Waals surface area contributed by atoms with Crippen molar-refractivity contribution >= 4 is 11.9 Å². The molecule has 1 aromatic heterocycles. The van der Waals surface area contributed by atoms with E-state index >= 15 is 0 Å². The van der Waals surface area contributed by atoms with Gasteiger partial charge in [0.1, 0.15) is 13.2 Å². The molecule has 1 N–H and O–H groups in total. The molecule has 2 aromatic rings. The molecule has 1 aliphatic heterocycles. The van der Waals surface area contributed by atoms with Crippen LogP contribution in [0.4, 0.5) is 6.01 Å². The molecule has 114 valence electrons. The van der Waals surface area contributed by atoms with Crippen LogP contribution in [0.25, 0.3) is 11.5 Å². The summed E-state index contributed by atoms with van der Waals surface area (Å²) in [5, 5.41) is 10.5. The Kier molecular flexibility index (Phi) is 3.17. The van der Waals surface area contributed by atoms with Crippen molar-refractivity contribution in [3.8, 4) is 23.0 Å². The summed E-state index contributed by atoms with van der Waals surface area (Å²) in [5.74, 6) is 1.71. The van der Waals surface area contributed by atoms with Gasteiger partial charge in [-0.05, 0) is 31.0 Å². The lowest BCUT2D eigenvalue weighted by atomic mass is 9.85. The van der Waals surface area contributed by atoms with E-state index in [0.29, 0.717) is 30.6 Å². The number of nitrogens with one attached hydrogen (secondary N) is 1. The van der Waals surface area contributed by atoms with E-state index in [4.69, 9.17) is 13.9 Å². The van der Waals surface area contributed by atoms with Gasteiger partial charge >= 0.3 is 6.01 Å². The third kappa shape index (κ3) is 2.38. The molecule has 1 fully saturated rings. The molecule has 1 aliphatic carbocycles. The van der Waals surface area contributed by atoms with E-state index in [-0.39, 0.29) is 17.8 Å². The molecular formula is C15H15N3O4. The van der Waals surface area contributed by atoms with Gasteiger partial charge in [0, 0.05) is 11.5 Å². The number of benzene rings is 1. The molecule has 0 atom stereocenters. The average molecular weight is 301 g/mol. The molecule has 0 saturated heterocycles. The molecule has 0 bridgehead atoms. The highest BCUT2D eigenvalue weighted by Crippen LogP contribution is 2.34. The topological polar surface area (TPSA) is 86.5 Å². The zero-order valence-corrected chi connectivity index (χ0v) is 11.9. The van der Waals surface area contributed by atoms with Gasteiger partial charge in [-0.2, -0.15) is 0 Å². The molecule has 1 aromatic carbocycles. The van der Waals surface area contributed by atoms with Crippen molar-refractivity contribution < 1.29 is 18.7 Å². The Hall–Kier alpha value is -2.57. The highest BCUT2D eigenvalue weighted by Gasteiger charge is 2.26. The maximum atomic E-state index is 11.9. The van der Waals surface area contributed by atoms with Crippen LogP contribution in [0.2, 0.25) is 0 Å². The molecule has 0 spiro atoms. The van der Waals surface area contributed by atoms with Gasteiger partial charge in [0.05, 0.1) is 0 Å². The highest BCUT2D eigenvalue weighted by molar-refractivity contribution is 5.91. The lowest BCUT2D eigenvalue weighted by Gasteiger charge is -2.22. The highest BCUT2D eigenvalue weighted by atomic mass is 16.6. The maximum absolute atomic E-state index is 11.9. The van der Waals surface area contributed by atoms with Gasteiger partial charge in [-0.25, -0.2) is 0 Å². The van der Waals surface area contributed by atoms with Crippen molar-refractivity contribution in [2.75, 3.05) is 18.5 Å². The summed E-state index contributed by atoms with van der Waals surface area (Å²) in [6.45, 7) is 1.06. The van der Waals surface area contributed by atoms with Crippen LogP contribution >= 0.6 is 0 Å². The van der Waals surface area contributed by atoms with E-state index in [1.54, 1.807) is 12.1 Å². The van der Waals surface area contributed by atoms with Crippen LogP contribution in [0.5, 0.6) is 11.5 Å². The van der Waals surface area contributed by atoms with Gasteiger partial charge in [-0.3, -0.25) is 10.1 Å². The fraction of sp³-hybridized carbons (Fsp3) is 0.400. The summed E-state index contributed by atoms with van der Waals surface area (Å²) in [7, 11) is 0. The monoisotopic (exact) mass is 301 g/mol. The minimum atomic E-state index is -0.0522. The predicted octanol–water partition coefficient (Wildman–Crippen LogP) is 2.25. The van der Waals surface area contributed by atoms with Gasteiger partial charge in [0.25, 0.3) is 0 Å². The summed E-state index contributed by atoms with van der Waals surface area (Å²) in [6.07, 6.45) is 2.95. The number of anilines is 1. The summed E-state index contributed by atoms with van der Waals surface area (Å²) < 4.78 is 16.5. The summed E-state index contributed by atoms with van der Waals surface area (Å²) in [4.78, 5) is 11.9. The maximum Gasteiger partial charge on any atom is 0.322 e. The number of nitrogens with zero attached hydrogens (tertiary/aromatic N) is 2. The van der Waals surface area contributed by atoms with Crippen molar-refractivity contribution in [3.63, 3.8) is 0 Å². The fourth-order valence-electron chi connectivity index (χ4n) is 2.44. The number of ether oxygens (including phenoxy) is 2. The van der Waals surface area contributed by atoms with Gasteiger partial charge < -0.3 is 13.9 Å². The number of amides is 1. The van der Waals surface area contributed by atoms with E-state index in [1.165, 1.54) is 0 Å². The second-order valence-electron chi connectivity index (χ2n) is 5.39. The number of fused-ring (bicyclic) bond motifs is 1. The van der Waals surface area contributed by atoms with Crippen LogP contribution < -0.4 is 14.8 Å². The summed E-state index contributed by atoms with van der Waals surface area (Å²) >= 11 is 0. The standard InChI is InChI=1S/C15H15N3O4/c19-13(9-2-1-3-9)16-15-18-17-14(22-15)10-4-5-11-12(8-10)21-7-6-20-11/h4-5,8-9H,1-3,6-7H2,(H,16,18,19). The number of aromatic nitrogens is 2. The molecule has 22 heavy (non-hydrogen) atoms. The van der Waals surface area contributed by atoms with Crippen molar-refractivity contribution in [2.45, 2.75) is 19.3 Å². The minimum Gasteiger partial charge on any atom is -0.486 e. The van der Waals surface area contributed by atoms with Crippen LogP contribution in [-0.4, -0.2) is 29.3 Å². The van der Waals surface area contributed by atoms with Crippen LogP contribution in [0.3, 0.4) is 0 Å². The molecule has 0 unspecified atom stereocenters. The van der Waals surface area contributed by atoms with E-state index < -0.39 is 0 Å². The Labute approximate surface area is 126 Å². The SMILES string of the molecule is O=C(Nc1nnc(-c2ccc3c(c2)OCCO3)o1)C1CCC1. The molecule has 7 heteroatoms. The van der Waals surface area contributed by atoms with E-state index in [0.717, 1.165) is 24.8 Å². The van der Waals surface area contributed by atoms with Crippen molar-refractivity contribution in [3.05, 3.63) is 18.2 Å². The molecule has 1 amide bonds. The molecular weight excluding hydrogens is 286 g/mol. The van der Waals surface area contributed by atoms with Crippen LogP contribution in [0.1, 0.15) is 19.3 Å². The molecule has 0 radical (unpaired) electrons. The molecule has 2 heterocycles. The zero-order chi connectivity index (χ0) is 14.9. The van der Waals surface area contributed by atoms with Crippen molar-refractivity contribution in [2.24, 2.45) is 5.92 Å². The Morgan fingerprint density at radius 2 is 1.95 bits per heavy atom. The second kappa shape index (κ2) is 5.32. The number of hydrogen-bond donors (Lipinski definition) is 1. The second-order valence-corrected chi connectivity index (χ2v) is 5.39. The molecule has 2 aliphatic rings. The van der Waals surface area contributed by atoms with Crippen LogP contribution in [0.15, 0.2) is 22.6 Å². The number of hydrogen-bond acceptors (Lipinski definition) is 6.